The fourth-order valence-corrected chi connectivity index (χ4v) is 2.17. The lowest BCUT2D eigenvalue weighted by Gasteiger charge is -2.20. The molecule has 21 heavy (non-hydrogen) atoms. The van der Waals surface area contributed by atoms with Crippen molar-refractivity contribution in [1.29, 1.82) is 0 Å². The van der Waals surface area contributed by atoms with Crippen LogP contribution in [0.3, 0.4) is 0 Å². The van der Waals surface area contributed by atoms with Crippen LogP contribution in [0.2, 0.25) is 0 Å². The zero-order chi connectivity index (χ0) is 15.3. The van der Waals surface area contributed by atoms with Crippen molar-refractivity contribution in [3.8, 4) is 0 Å². The molecule has 1 unspecified atom stereocenters. The minimum absolute atomic E-state index is 0. The average Bonchev–Trinajstić information content (AvgIpc) is 2.36. The minimum Gasteiger partial charge on any atom is -0.348 e. The second-order valence-corrected chi connectivity index (χ2v) is 6.86. The van der Waals surface area contributed by atoms with Crippen LogP contribution >= 0.6 is 12.4 Å². The van der Waals surface area contributed by atoms with Gasteiger partial charge in [0.15, 0.2) is 0 Å². The van der Waals surface area contributed by atoms with Gasteiger partial charge in [0, 0.05) is 18.2 Å². The van der Waals surface area contributed by atoms with Crippen LogP contribution in [-0.2, 0) is 5.41 Å². The normalized spacial score (nSPS) is 12.7. The van der Waals surface area contributed by atoms with Gasteiger partial charge in [0.25, 0.3) is 5.91 Å². The molecule has 1 atom stereocenters. The van der Waals surface area contributed by atoms with Crippen LogP contribution in [-0.4, -0.2) is 18.5 Å². The highest BCUT2D eigenvalue weighted by molar-refractivity contribution is 5.94. The highest BCUT2D eigenvalue weighted by Gasteiger charge is 2.16. The molecule has 0 radical (unpaired) electrons. The summed E-state index contributed by atoms with van der Waals surface area (Å²) >= 11 is 0. The van der Waals surface area contributed by atoms with Gasteiger partial charge in [-0.05, 0) is 35.4 Å². The van der Waals surface area contributed by atoms with Gasteiger partial charge in [-0.3, -0.25) is 4.79 Å². The van der Waals surface area contributed by atoms with Gasteiger partial charge < -0.3 is 11.1 Å². The quantitative estimate of drug-likeness (QED) is 0.874. The van der Waals surface area contributed by atoms with Crippen LogP contribution in [0.1, 0.15) is 57.0 Å². The monoisotopic (exact) mass is 312 g/mol. The molecular weight excluding hydrogens is 284 g/mol. The number of nitrogens with two attached hydrogens (primary N) is 1. The van der Waals surface area contributed by atoms with Gasteiger partial charge in [-0.1, -0.05) is 46.8 Å². The molecule has 4 heteroatoms. The fraction of sp³-hybridized carbons (Fsp3) is 0.588. The van der Waals surface area contributed by atoms with Crippen LogP contribution in [0.15, 0.2) is 24.3 Å². The number of halogens is 1. The highest BCUT2D eigenvalue weighted by Crippen LogP contribution is 2.22. The molecule has 1 aromatic rings. The Kier molecular flexibility index (Phi) is 7.98. The van der Waals surface area contributed by atoms with Gasteiger partial charge >= 0.3 is 0 Å². The number of rotatable bonds is 5. The molecular formula is C17H29ClN2O. The summed E-state index contributed by atoms with van der Waals surface area (Å²) in [6.45, 7) is 11.2. The van der Waals surface area contributed by atoms with E-state index < -0.39 is 0 Å². The van der Waals surface area contributed by atoms with Gasteiger partial charge in [0.05, 0.1) is 0 Å². The molecule has 0 fully saturated rings. The zero-order valence-electron chi connectivity index (χ0n) is 13.8. The number of nitrogens with one attached hydrogen (secondary N) is 1. The molecule has 1 amide bonds. The van der Waals surface area contributed by atoms with Gasteiger partial charge in [-0.15, -0.1) is 12.4 Å². The molecule has 0 spiro atoms. The molecule has 0 bridgehead atoms. The van der Waals surface area contributed by atoms with E-state index in [0.29, 0.717) is 18.0 Å². The lowest BCUT2D eigenvalue weighted by molar-refractivity contribution is 0.0933. The van der Waals surface area contributed by atoms with Crippen molar-refractivity contribution >= 4 is 18.3 Å². The minimum atomic E-state index is -0.0402. The van der Waals surface area contributed by atoms with Crippen molar-refractivity contribution in [2.75, 3.05) is 6.54 Å². The van der Waals surface area contributed by atoms with Crippen LogP contribution in [0.5, 0.6) is 0 Å². The molecule has 0 aliphatic heterocycles. The number of amides is 1. The lowest BCUT2D eigenvalue weighted by Crippen LogP contribution is -2.41. The molecule has 0 heterocycles. The second-order valence-electron chi connectivity index (χ2n) is 6.86. The van der Waals surface area contributed by atoms with Crippen LogP contribution in [0.25, 0.3) is 0 Å². The lowest BCUT2D eigenvalue weighted by atomic mass is 9.86. The van der Waals surface area contributed by atoms with E-state index in [1.54, 1.807) is 0 Å². The zero-order valence-corrected chi connectivity index (χ0v) is 14.6. The predicted octanol–water partition coefficient (Wildman–Crippen LogP) is 3.51. The third-order valence-corrected chi connectivity index (χ3v) is 3.39. The van der Waals surface area contributed by atoms with Gasteiger partial charge in [-0.25, -0.2) is 0 Å². The molecule has 0 saturated carbocycles. The summed E-state index contributed by atoms with van der Waals surface area (Å²) in [4.78, 5) is 12.2. The molecule has 1 rings (SSSR count). The first-order valence-electron chi connectivity index (χ1n) is 7.35. The molecule has 120 valence electrons. The van der Waals surface area contributed by atoms with E-state index in [2.05, 4.69) is 39.9 Å². The maximum atomic E-state index is 12.2. The van der Waals surface area contributed by atoms with Crippen LogP contribution in [0.4, 0.5) is 0 Å². The smallest absolute Gasteiger partial charge is 0.251 e. The third kappa shape index (κ3) is 6.49. The first kappa shape index (κ1) is 19.9. The SMILES string of the molecule is CC(C)CC(CN)NC(=O)c1ccc(C(C)(C)C)cc1.Cl. The topological polar surface area (TPSA) is 55.1 Å². The molecule has 0 saturated heterocycles. The number of benzene rings is 1. The van der Waals surface area contributed by atoms with E-state index in [4.69, 9.17) is 5.73 Å². The van der Waals surface area contributed by atoms with Crippen molar-refractivity contribution in [2.24, 2.45) is 11.7 Å². The Hall–Kier alpha value is -1.06. The van der Waals surface area contributed by atoms with Crippen molar-refractivity contribution < 1.29 is 4.79 Å². The summed E-state index contributed by atoms with van der Waals surface area (Å²) in [6.07, 6.45) is 0.905. The number of hydrogen-bond donors (Lipinski definition) is 2. The second kappa shape index (κ2) is 8.40. The number of hydrogen-bond acceptors (Lipinski definition) is 2. The van der Waals surface area contributed by atoms with E-state index in [9.17, 15) is 4.79 Å². The van der Waals surface area contributed by atoms with Crippen molar-refractivity contribution in [3.63, 3.8) is 0 Å². The summed E-state index contributed by atoms with van der Waals surface area (Å²) < 4.78 is 0. The Morgan fingerprint density at radius 2 is 1.71 bits per heavy atom. The number of carbonyl (C=O) groups is 1. The Morgan fingerprint density at radius 3 is 2.10 bits per heavy atom. The first-order chi connectivity index (χ1) is 9.24. The molecule has 3 nitrogen and oxygen atoms in total. The number of carbonyl (C=O) groups excluding carboxylic acids is 1. The summed E-state index contributed by atoms with van der Waals surface area (Å²) in [7, 11) is 0. The van der Waals surface area contributed by atoms with E-state index in [0.717, 1.165) is 6.42 Å². The molecule has 1 aromatic carbocycles. The van der Waals surface area contributed by atoms with Gasteiger partial charge in [0.1, 0.15) is 0 Å². The summed E-state index contributed by atoms with van der Waals surface area (Å²) in [5.41, 5.74) is 7.74. The highest BCUT2D eigenvalue weighted by atomic mass is 35.5. The van der Waals surface area contributed by atoms with Crippen molar-refractivity contribution in [2.45, 2.75) is 52.5 Å². The summed E-state index contributed by atoms with van der Waals surface area (Å²) in [5.74, 6) is 0.480. The van der Waals surface area contributed by atoms with Crippen molar-refractivity contribution in [1.82, 2.24) is 5.32 Å². The van der Waals surface area contributed by atoms with E-state index in [1.165, 1.54) is 5.56 Å². The first-order valence-corrected chi connectivity index (χ1v) is 7.35. The average molecular weight is 313 g/mol. The Labute approximate surface area is 135 Å². The van der Waals surface area contributed by atoms with E-state index in [-0.39, 0.29) is 29.8 Å². The van der Waals surface area contributed by atoms with Gasteiger partial charge in [-0.2, -0.15) is 0 Å². The van der Waals surface area contributed by atoms with Crippen LogP contribution < -0.4 is 11.1 Å². The predicted molar refractivity (Wildman–Crippen MR) is 92.2 cm³/mol. The third-order valence-electron chi connectivity index (χ3n) is 3.39. The molecule has 0 aliphatic carbocycles. The summed E-state index contributed by atoms with van der Waals surface area (Å²) in [5, 5.41) is 3.01. The van der Waals surface area contributed by atoms with Crippen LogP contribution in [0, 0.1) is 5.92 Å². The molecule has 3 N–H and O–H groups in total. The fourth-order valence-electron chi connectivity index (χ4n) is 2.17. The van der Waals surface area contributed by atoms with E-state index >= 15 is 0 Å². The molecule has 0 aromatic heterocycles. The molecule has 0 aliphatic rings. The Balaban J connectivity index is 0.00000400. The summed E-state index contributed by atoms with van der Waals surface area (Å²) in [6, 6.07) is 7.87. The Morgan fingerprint density at radius 1 is 1.19 bits per heavy atom. The maximum absolute atomic E-state index is 12.2. The Bertz CT molecular complexity index is 435. The maximum Gasteiger partial charge on any atom is 0.251 e. The van der Waals surface area contributed by atoms with Gasteiger partial charge in [0.2, 0.25) is 0 Å². The van der Waals surface area contributed by atoms with Crippen molar-refractivity contribution in [3.05, 3.63) is 35.4 Å². The standard InChI is InChI=1S/C17H28N2O.ClH/c1-12(2)10-15(11-18)19-16(20)13-6-8-14(9-7-13)17(3,4)5;/h6-9,12,15H,10-11,18H2,1-5H3,(H,19,20);1H. The largest absolute Gasteiger partial charge is 0.348 e. The van der Waals surface area contributed by atoms with E-state index in [1.807, 2.05) is 24.3 Å².